The Morgan fingerprint density at radius 3 is 2.15 bits per heavy atom. The fourth-order valence-electron chi connectivity index (χ4n) is 5.75. The normalized spacial score (nSPS) is 23.1. The van der Waals surface area contributed by atoms with Gasteiger partial charge in [0, 0.05) is 56.9 Å². The number of piperazine rings is 1. The van der Waals surface area contributed by atoms with Gasteiger partial charge in [0.15, 0.2) is 5.78 Å². The fraction of sp³-hybridized carbons (Fsp3) is 0.720. The molecule has 0 aromatic heterocycles. The van der Waals surface area contributed by atoms with Crippen LogP contribution in [0.25, 0.3) is 0 Å². The van der Waals surface area contributed by atoms with Crippen molar-refractivity contribution in [3.8, 4) is 0 Å². The maximum absolute atomic E-state index is 12.8. The highest BCUT2D eigenvalue weighted by molar-refractivity contribution is 7.89. The first-order chi connectivity index (χ1) is 15.9. The third-order valence-electron chi connectivity index (χ3n) is 7.89. The van der Waals surface area contributed by atoms with E-state index in [9.17, 15) is 13.2 Å². The monoisotopic (exact) mass is 476 g/mol. The number of likely N-dealkylation sites (N-methyl/N-ethyl adjacent to an activating group) is 1. The van der Waals surface area contributed by atoms with Crippen LogP contribution >= 0.6 is 0 Å². The lowest BCUT2D eigenvalue weighted by Crippen LogP contribution is -2.61. The number of Topliss-reactive ketones (excluding diaryl/α,β-unsaturated/α-hetero) is 1. The van der Waals surface area contributed by atoms with Crippen LogP contribution in [0.2, 0.25) is 0 Å². The Bertz CT molecular complexity index is 883. The first-order valence-electron chi connectivity index (χ1n) is 12.8. The number of benzene rings is 1. The number of sulfonamides is 1. The fourth-order valence-corrected chi connectivity index (χ4v) is 7.27. The molecule has 3 fully saturated rings. The first kappa shape index (κ1) is 24.8. The Morgan fingerprint density at radius 2 is 1.55 bits per heavy atom. The van der Waals surface area contributed by atoms with Crippen molar-refractivity contribution >= 4 is 15.8 Å². The molecule has 2 heterocycles. The lowest BCUT2D eigenvalue weighted by Gasteiger charge is -2.50. The van der Waals surface area contributed by atoms with E-state index in [1.165, 1.54) is 36.4 Å². The van der Waals surface area contributed by atoms with Gasteiger partial charge in [-0.05, 0) is 44.4 Å². The molecule has 184 valence electrons. The van der Waals surface area contributed by atoms with Crippen molar-refractivity contribution in [2.45, 2.75) is 62.3 Å². The van der Waals surface area contributed by atoms with Gasteiger partial charge in [0.05, 0.1) is 11.4 Å². The van der Waals surface area contributed by atoms with E-state index in [1.807, 2.05) is 0 Å². The van der Waals surface area contributed by atoms with Gasteiger partial charge in [-0.3, -0.25) is 9.69 Å². The maximum atomic E-state index is 12.8. The molecule has 8 heteroatoms. The summed E-state index contributed by atoms with van der Waals surface area (Å²) in [7, 11) is -3.44. The molecule has 1 saturated carbocycles. The van der Waals surface area contributed by atoms with E-state index >= 15 is 0 Å². The van der Waals surface area contributed by atoms with Crippen LogP contribution in [0.4, 0.5) is 0 Å². The van der Waals surface area contributed by atoms with Gasteiger partial charge >= 0.3 is 0 Å². The van der Waals surface area contributed by atoms with Gasteiger partial charge in [-0.15, -0.1) is 0 Å². The molecule has 2 saturated heterocycles. The van der Waals surface area contributed by atoms with Gasteiger partial charge in [-0.2, -0.15) is 4.31 Å². The van der Waals surface area contributed by atoms with Crippen molar-refractivity contribution in [1.82, 2.24) is 19.4 Å². The van der Waals surface area contributed by atoms with Gasteiger partial charge in [-0.25, -0.2) is 8.42 Å². The van der Waals surface area contributed by atoms with E-state index < -0.39 is 10.0 Å². The van der Waals surface area contributed by atoms with Gasteiger partial charge in [0.2, 0.25) is 10.0 Å². The summed E-state index contributed by atoms with van der Waals surface area (Å²) in [5, 5.41) is 3.48. The van der Waals surface area contributed by atoms with E-state index in [4.69, 9.17) is 0 Å². The Hall–Kier alpha value is -1.32. The predicted molar refractivity (Wildman–Crippen MR) is 131 cm³/mol. The number of rotatable bonds is 9. The minimum atomic E-state index is -3.44. The van der Waals surface area contributed by atoms with Crippen molar-refractivity contribution in [3.63, 3.8) is 0 Å². The third kappa shape index (κ3) is 5.68. The second kappa shape index (κ2) is 11.0. The van der Waals surface area contributed by atoms with E-state index in [2.05, 4.69) is 22.0 Å². The highest BCUT2D eigenvalue weighted by Crippen LogP contribution is 2.34. The van der Waals surface area contributed by atoms with Crippen LogP contribution in [0.3, 0.4) is 0 Å². The largest absolute Gasteiger partial charge is 0.308 e. The molecule has 4 rings (SSSR count). The van der Waals surface area contributed by atoms with E-state index in [-0.39, 0.29) is 22.8 Å². The van der Waals surface area contributed by atoms with Gasteiger partial charge in [0.1, 0.15) is 0 Å². The topological polar surface area (TPSA) is 73.0 Å². The predicted octanol–water partition coefficient (Wildman–Crippen LogP) is 2.58. The molecule has 1 aromatic carbocycles. The summed E-state index contributed by atoms with van der Waals surface area (Å²) in [6.45, 7) is 10.1. The molecule has 0 radical (unpaired) electrons. The molecule has 7 nitrogen and oxygen atoms in total. The molecule has 1 N–H and O–H groups in total. The van der Waals surface area contributed by atoms with Crippen LogP contribution in [0.15, 0.2) is 29.2 Å². The summed E-state index contributed by atoms with van der Waals surface area (Å²) < 4.78 is 27.0. The summed E-state index contributed by atoms with van der Waals surface area (Å²) in [5.41, 5.74) is 0.726. The zero-order valence-electron chi connectivity index (χ0n) is 20.1. The van der Waals surface area contributed by atoms with E-state index in [0.29, 0.717) is 18.7 Å². The number of hydrogen-bond acceptors (Lipinski definition) is 6. The molecule has 0 spiro atoms. The molecule has 2 aliphatic heterocycles. The summed E-state index contributed by atoms with van der Waals surface area (Å²) in [6.07, 6.45) is 8.05. The highest BCUT2D eigenvalue weighted by Gasteiger charge is 2.39. The van der Waals surface area contributed by atoms with Gasteiger partial charge < -0.3 is 10.2 Å². The van der Waals surface area contributed by atoms with Crippen LogP contribution in [-0.2, 0) is 10.0 Å². The summed E-state index contributed by atoms with van der Waals surface area (Å²) >= 11 is 0. The number of hydrogen-bond donors (Lipinski definition) is 1. The summed E-state index contributed by atoms with van der Waals surface area (Å²) in [5.74, 6) is 0.0156. The van der Waals surface area contributed by atoms with Crippen LogP contribution < -0.4 is 5.32 Å². The Kier molecular flexibility index (Phi) is 8.23. The standard InChI is InChI=1S/C25H40N4O3S/c1-2-27-16-18-28(19-17-27)25(12-4-3-5-13-25)21-26-20-24(30)22-8-10-23(11-9-22)33(31,32)29-14-6-7-15-29/h8-11,26H,2-7,12-21H2,1H3. The zero-order valence-corrected chi connectivity index (χ0v) is 20.9. The van der Waals surface area contributed by atoms with Crippen molar-refractivity contribution in [3.05, 3.63) is 29.8 Å². The quantitative estimate of drug-likeness (QED) is 0.553. The number of nitrogens with one attached hydrogen (secondary N) is 1. The molecule has 1 aromatic rings. The molecule has 0 atom stereocenters. The number of carbonyl (C=O) groups excluding carboxylic acids is 1. The first-order valence-corrected chi connectivity index (χ1v) is 14.2. The third-order valence-corrected chi connectivity index (χ3v) is 9.81. The average Bonchev–Trinajstić information content (AvgIpc) is 3.41. The van der Waals surface area contributed by atoms with E-state index in [1.54, 1.807) is 24.3 Å². The van der Waals surface area contributed by atoms with E-state index in [0.717, 1.165) is 52.1 Å². The van der Waals surface area contributed by atoms with Gasteiger partial charge in [-0.1, -0.05) is 38.3 Å². The Morgan fingerprint density at radius 1 is 0.909 bits per heavy atom. The van der Waals surface area contributed by atoms with Crippen LogP contribution in [0.1, 0.15) is 62.2 Å². The zero-order chi connectivity index (χ0) is 23.3. The summed E-state index contributed by atoms with van der Waals surface area (Å²) in [4.78, 5) is 18.3. The molecule has 0 bridgehead atoms. The minimum Gasteiger partial charge on any atom is -0.308 e. The Labute approximate surface area is 199 Å². The van der Waals surface area contributed by atoms with Crippen molar-refractivity contribution < 1.29 is 13.2 Å². The van der Waals surface area contributed by atoms with Crippen LogP contribution in [0.5, 0.6) is 0 Å². The SMILES string of the molecule is CCN1CCN(C2(CNCC(=O)c3ccc(S(=O)(=O)N4CCCC4)cc3)CCCCC2)CC1. The van der Waals surface area contributed by atoms with Gasteiger partial charge in [0.25, 0.3) is 0 Å². The van der Waals surface area contributed by atoms with Crippen LogP contribution in [-0.4, -0.2) is 92.7 Å². The van der Waals surface area contributed by atoms with Crippen LogP contribution in [0, 0.1) is 0 Å². The second-order valence-corrected chi connectivity index (χ2v) is 11.8. The number of nitrogens with zero attached hydrogens (tertiary/aromatic N) is 3. The smallest absolute Gasteiger partial charge is 0.243 e. The molecule has 0 amide bonds. The minimum absolute atomic E-state index is 0.0156. The summed E-state index contributed by atoms with van der Waals surface area (Å²) in [6, 6.07) is 6.48. The molecular formula is C25H40N4O3S. The second-order valence-electron chi connectivity index (χ2n) is 9.87. The van der Waals surface area contributed by atoms with Crippen molar-refractivity contribution in [2.24, 2.45) is 0 Å². The molecule has 3 aliphatic rings. The number of carbonyl (C=O) groups is 1. The Balaban J connectivity index is 1.33. The lowest BCUT2D eigenvalue weighted by atomic mass is 9.79. The van der Waals surface area contributed by atoms with Crippen molar-refractivity contribution in [1.29, 1.82) is 0 Å². The molecule has 33 heavy (non-hydrogen) atoms. The van der Waals surface area contributed by atoms with Crippen molar-refractivity contribution in [2.75, 3.05) is 58.9 Å². The number of ketones is 1. The maximum Gasteiger partial charge on any atom is 0.243 e. The molecular weight excluding hydrogens is 436 g/mol. The highest BCUT2D eigenvalue weighted by atomic mass is 32.2. The molecule has 0 unspecified atom stereocenters. The lowest BCUT2D eigenvalue weighted by molar-refractivity contribution is 0.00929. The molecule has 1 aliphatic carbocycles. The average molecular weight is 477 g/mol.